The number of nitrogens with zero attached hydrogens (tertiary/aromatic N) is 1. The zero-order chi connectivity index (χ0) is 27.8. The number of benzene rings is 3. The van der Waals surface area contributed by atoms with Crippen molar-refractivity contribution in [2.45, 2.75) is 6.92 Å². The smallest absolute Gasteiger partial charge is 0.379 e. The molecule has 0 fully saturated rings. The van der Waals surface area contributed by atoms with Gasteiger partial charge in [-0.3, -0.25) is 9.59 Å². The van der Waals surface area contributed by atoms with Crippen LogP contribution in [0.2, 0.25) is 10.0 Å². The highest BCUT2D eigenvalue weighted by Crippen LogP contribution is 2.29. The molecule has 0 aliphatic rings. The van der Waals surface area contributed by atoms with Crippen molar-refractivity contribution in [1.29, 1.82) is 0 Å². The Morgan fingerprint density at radius 2 is 1.74 bits per heavy atom. The molecule has 0 saturated carbocycles. The summed E-state index contributed by atoms with van der Waals surface area (Å²) >= 11 is 11.9. The fourth-order valence-corrected chi connectivity index (χ4v) is 3.80. The molecule has 4 rings (SSSR count). The standard InChI is InChI=1S/C28H21Cl2N3O6/c1-2-37-25-14-17(5-12-23(25)39-28(36)24-4-3-13-38-24)16-31-33-26(34)18-6-9-20(10-7-18)32-27(35)21-11-8-19(29)15-22(21)30/h3-16H,2H2,1H3,(H,32,35)(H,33,34)/b31-16-. The van der Waals surface area contributed by atoms with E-state index in [4.69, 9.17) is 37.1 Å². The van der Waals surface area contributed by atoms with Crippen LogP contribution in [0.4, 0.5) is 5.69 Å². The number of nitrogens with one attached hydrogen (secondary N) is 2. The van der Waals surface area contributed by atoms with Crippen molar-refractivity contribution in [3.63, 3.8) is 0 Å². The van der Waals surface area contributed by atoms with Crippen LogP contribution in [0.5, 0.6) is 11.5 Å². The third-order valence-corrected chi connectivity index (χ3v) is 5.70. The van der Waals surface area contributed by atoms with E-state index in [0.717, 1.165) is 0 Å². The molecule has 0 radical (unpaired) electrons. The number of hydrogen-bond donors (Lipinski definition) is 2. The number of carbonyl (C=O) groups excluding carboxylic acids is 3. The van der Waals surface area contributed by atoms with Crippen LogP contribution in [0.25, 0.3) is 0 Å². The molecule has 1 aromatic heterocycles. The molecule has 0 aliphatic carbocycles. The first-order valence-corrected chi connectivity index (χ1v) is 12.3. The van der Waals surface area contributed by atoms with Gasteiger partial charge in [0.1, 0.15) is 0 Å². The number of ether oxygens (including phenoxy) is 2. The second-order valence-corrected chi connectivity index (χ2v) is 8.70. The molecule has 0 aliphatic heterocycles. The Labute approximate surface area is 233 Å². The molecule has 198 valence electrons. The largest absolute Gasteiger partial charge is 0.490 e. The van der Waals surface area contributed by atoms with Crippen molar-refractivity contribution in [3.8, 4) is 11.5 Å². The van der Waals surface area contributed by atoms with Crippen LogP contribution in [0.1, 0.15) is 43.8 Å². The molecule has 39 heavy (non-hydrogen) atoms. The zero-order valence-electron chi connectivity index (χ0n) is 20.4. The van der Waals surface area contributed by atoms with Gasteiger partial charge in [-0.05, 0) is 85.3 Å². The van der Waals surface area contributed by atoms with Crippen molar-refractivity contribution >= 4 is 52.9 Å². The number of hydrogen-bond acceptors (Lipinski definition) is 7. The lowest BCUT2D eigenvalue weighted by molar-refractivity contribution is 0.0694. The Bertz CT molecular complexity index is 1520. The maximum absolute atomic E-state index is 12.5. The molecule has 11 heteroatoms. The van der Waals surface area contributed by atoms with Crippen molar-refractivity contribution < 1.29 is 28.3 Å². The van der Waals surface area contributed by atoms with Gasteiger partial charge in [-0.2, -0.15) is 5.10 Å². The Kier molecular flexibility index (Phi) is 8.98. The summed E-state index contributed by atoms with van der Waals surface area (Å²) in [5.74, 6) is -0.929. The highest BCUT2D eigenvalue weighted by atomic mass is 35.5. The first kappa shape index (κ1) is 27.4. The monoisotopic (exact) mass is 565 g/mol. The van der Waals surface area contributed by atoms with Gasteiger partial charge in [0.05, 0.1) is 29.7 Å². The summed E-state index contributed by atoms with van der Waals surface area (Å²) in [4.78, 5) is 37.1. The summed E-state index contributed by atoms with van der Waals surface area (Å²) in [6, 6.07) is 18.7. The number of esters is 1. The van der Waals surface area contributed by atoms with E-state index in [1.165, 1.54) is 30.7 Å². The third kappa shape index (κ3) is 7.25. The molecule has 2 amide bonds. The van der Waals surface area contributed by atoms with E-state index in [0.29, 0.717) is 34.2 Å². The minimum atomic E-state index is -0.658. The normalized spacial score (nSPS) is 10.7. The van der Waals surface area contributed by atoms with Crippen molar-refractivity contribution in [1.82, 2.24) is 5.43 Å². The highest BCUT2D eigenvalue weighted by Gasteiger charge is 2.15. The lowest BCUT2D eigenvalue weighted by atomic mass is 10.1. The molecule has 4 aromatic rings. The molecule has 9 nitrogen and oxygen atoms in total. The summed E-state index contributed by atoms with van der Waals surface area (Å²) < 4.78 is 16.0. The van der Waals surface area contributed by atoms with Crippen LogP contribution in [0.3, 0.4) is 0 Å². The van der Waals surface area contributed by atoms with E-state index in [1.54, 1.807) is 61.5 Å². The molecule has 0 bridgehead atoms. The zero-order valence-corrected chi connectivity index (χ0v) is 22.0. The second-order valence-electron chi connectivity index (χ2n) is 7.86. The van der Waals surface area contributed by atoms with Gasteiger partial charge in [0.25, 0.3) is 11.8 Å². The molecule has 0 saturated heterocycles. The Morgan fingerprint density at radius 1 is 0.949 bits per heavy atom. The topological polar surface area (TPSA) is 119 Å². The van der Waals surface area contributed by atoms with Gasteiger partial charge < -0.3 is 19.2 Å². The summed E-state index contributed by atoms with van der Waals surface area (Å²) in [5.41, 5.74) is 4.10. The van der Waals surface area contributed by atoms with Crippen LogP contribution >= 0.6 is 23.2 Å². The van der Waals surface area contributed by atoms with Gasteiger partial charge >= 0.3 is 5.97 Å². The van der Waals surface area contributed by atoms with Gasteiger partial charge in [0.2, 0.25) is 5.76 Å². The average Bonchev–Trinajstić information content (AvgIpc) is 3.46. The van der Waals surface area contributed by atoms with E-state index in [9.17, 15) is 14.4 Å². The van der Waals surface area contributed by atoms with Crippen LogP contribution in [0, 0.1) is 0 Å². The fraction of sp³-hybridized carbons (Fsp3) is 0.0714. The van der Waals surface area contributed by atoms with Crippen molar-refractivity contribution in [2.75, 3.05) is 11.9 Å². The van der Waals surface area contributed by atoms with Crippen molar-refractivity contribution in [3.05, 3.63) is 112 Å². The Balaban J connectivity index is 1.35. The summed E-state index contributed by atoms with van der Waals surface area (Å²) in [7, 11) is 0. The molecule has 2 N–H and O–H groups in total. The number of anilines is 1. The number of carbonyl (C=O) groups is 3. The third-order valence-electron chi connectivity index (χ3n) is 5.15. The molecule has 0 unspecified atom stereocenters. The number of amides is 2. The molecule has 1 heterocycles. The second kappa shape index (κ2) is 12.8. The van der Waals surface area contributed by atoms with Crippen molar-refractivity contribution in [2.24, 2.45) is 5.10 Å². The number of furan rings is 1. The van der Waals surface area contributed by atoms with Gasteiger partial charge in [0.15, 0.2) is 11.5 Å². The first-order valence-electron chi connectivity index (χ1n) is 11.6. The number of halogens is 2. The lowest BCUT2D eigenvalue weighted by Gasteiger charge is -2.10. The fourth-order valence-electron chi connectivity index (χ4n) is 3.31. The highest BCUT2D eigenvalue weighted by molar-refractivity contribution is 6.37. The molecule has 0 atom stereocenters. The number of hydrazone groups is 1. The minimum absolute atomic E-state index is 0.0622. The first-order chi connectivity index (χ1) is 18.8. The van der Waals surface area contributed by atoms with E-state index in [2.05, 4.69) is 15.8 Å². The SMILES string of the molecule is CCOc1cc(/C=N\NC(=O)c2ccc(NC(=O)c3ccc(Cl)cc3Cl)cc2)ccc1OC(=O)c1ccco1. The summed E-state index contributed by atoms with van der Waals surface area (Å²) in [6.07, 6.45) is 2.79. The molecular weight excluding hydrogens is 545 g/mol. The van der Waals surface area contributed by atoms with E-state index >= 15 is 0 Å². The van der Waals surface area contributed by atoms with Crippen LogP contribution in [-0.2, 0) is 0 Å². The predicted molar refractivity (Wildman–Crippen MR) is 147 cm³/mol. The van der Waals surface area contributed by atoms with Crippen LogP contribution in [-0.4, -0.2) is 30.6 Å². The molecule has 0 spiro atoms. The maximum Gasteiger partial charge on any atom is 0.379 e. The molecular formula is C28H21Cl2N3O6. The lowest BCUT2D eigenvalue weighted by Crippen LogP contribution is -2.18. The predicted octanol–water partition coefficient (Wildman–Crippen LogP) is 6.22. The summed E-state index contributed by atoms with van der Waals surface area (Å²) in [6.45, 7) is 2.13. The summed E-state index contributed by atoms with van der Waals surface area (Å²) in [5, 5.41) is 7.35. The van der Waals surface area contributed by atoms with E-state index in [-0.39, 0.29) is 22.1 Å². The van der Waals surface area contributed by atoms with E-state index in [1.807, 2.05) is 0 Å². The average molecular weight is 566 g/mol. The minimum Gasteiger partial charge on any atom is -0.490 e. The Morgan fingerprint density at radius 3 is 2.44 bits per heavy atom. The van der Waals surface area contributed by atoms with Gasteiger partial charge in [-0.15, -0.1) is 0 Å². The van der Waals surface area contributed by atoms with Crippen LogP contribution in [0.15, 0.2) is 88.6 Å². The number of rotatable bonds is 9. The van der Waals surface area contributed by atoms with E-state index < -0.39 is 17.8 Å². The quantitative estimate of drug-likeness (QED) is 0.107. The van der Waals surface area contributed by atoms with Gasteiger partial charge in [-0.25, -0.2) is 10.2 Å². The van der Waals surface area contributed by atoms with Gasteiger partial charge in [0, 0.05) is 16.3 Å². The van der Waals surface area contributed by atoms with Crippen LogP contribution < -0.4 is 20.2 Å². The Hall–Kier alpha value is -4.60. The molecule has 3 aromatic carbocycles. The van der Waals surface area contributed by atoms with Gasteiger partial charge in [-0.1, -0.05) is 23.2 Å². The maximum atomic E-state index is 12.5.